The van der Waals surface area contributed by atoms with Crippen LogP contribution in [0.5, 0.6) is 0 Å². The molecular weight excluding hydrogens is 509 g/mol. The molecule has 1 N–H and O–H groups in total. The van der Waals surface area contributed by atoms with Crippen LogP contribution in [0.25, 0.3) is 16.7 Å². The molecule has 1 fully saturated rings. The number of aromatic nitrogens is 4. The summed E-state index contributed by atoms with van der Waals surface area (Å²) in [5.74, 6) is 1.69. The summed E-state index contributed by atoms with van der Waals surface area (Å²) in [7, 11) is 0. The van der Waals surface area contributed by atoms with Crippen LogP contribution in [0.15, 0.2) is 48.5 Å². The topological polar surface area (TPSA) is 79.2 Å². The fourth-order valence-electron chi connectivity index (χ4n) is 4.64. The molecule has 2 aromatic carbocycles. The predicted octanol–water partition coefficient (Wildman–Crippen LogP) is 6.13. The number of para-hydroxylation sites is 1. The SMILES string of the molecule is CCCc1nc(N2CCCN(C(=O)Nc3ccc(Cl)cc3Cl)CC2)c2c(C)nn(-c3ccccc3)c2n1. The van der Waals surface area contributed by atoms with E-state index < -0.39 is 0 Å². The number of hydrogen-bond acceptors (Lipinski definition) is 5. The number of hydrogen-bond donors (Lipinski definition) is 1. The first-order chi connectivity index (χ1) is 17.9. The molecular formula is C27H29Cl2N7O. The van der Waals surface area contributed by atoms with Crippen molar-refractivity contribution in [2.45, 2.75) is 33.1 Å². The van der Waals surface area contributed by atoms with E-state index in [-0.39, 0.29) is 6.03 Å². The van der Waals surface area contributed by atoms with Crippen LogP contribution in [0.1, 0.15) is 31.3 Å². The summed E-state index contributed by atoms with van der Waals surface area (Å²) >= 11 is 12.2. The lowest BCUT2D eigenvalue weighted by molar-refractivity contribution is 0.215. The summed E-state index contributed by atoms with van der Waals surface area (Å²) < 4.78 is 1.91. The largest absolute Gasteiger partial charge is 0.354 e. The van der Waals surface area contributed by atoms with Crippen molar-refractivity contribution in [3.63, 3.8) is 0 Å². The standard InChI is InChI=1S/C27H29Cl2N7O/c1-3-8-23-31-25(24-18(2)33-36(26(24)32-23)20-9-5-4-6-10-20)34-13-7-14-35(16-15-34)27(37)30-22-12-11-19(28)17-21(22)29/h4-6,9-12,17H,3,7-8,13-16H2,1-2H3,(H,30,37). The fraction of sp³-hybridized carbons (Fsp3) is 0.333. The molecule has 0 atom stereocenters. The van der Waals surface area contributed by atoms with E-state index in [0.717, 1.165) is 59.9 Å². The number of aryl methyl sites for hydroxylation is 2. The van der Waals surface area contributed by atoms with Crippen LogP contribution in [0.3, 0.4) is 0 Å². The maximum absolute atomic E-state index is 13.0. The van der Waals surface area contributed by atoms with Crippen LogP contribution in [0, 0.1) is 6.92 Å². The van der Waals surface area contributed by atoms with Gasteiger partial charge in [-0.1, -0.05) is 48.3 Å². The highest BCUT2D eigenvalue weighted by Crippen LogP contribution is 2.30. The molecule has 192 valence electrons. The first-order valence-electron chi connectivity index (χ1n) is 12.5. The molecule has 4 aromatic rings. The highest BCUT2D eigenvalue weighted by atomic mass is 35.5. The number of halogens is 2. The lowest BCUT2D eigenvalue weighted by Gasteiger charge is -2.24. The average Bonchev–Trinajstić information content (AvgIpc) is 3.05. The third-order valence-corrected chi connectivity index (χ3v) is 7.01. The lowest BCUT2D eigenvalue weighted by atomic mass is 10.2. The van der Waals surface area contributed by atoms with Gasteiger partial charge in [0, 0.05) is 37.6 Å². The molecule has 1 saturated heterocycles. The van der Waals surface area contributed by atoms with Crippen LogP contribution in [-0.4, -0.2) is 56.9 Å². The van der Waals surface area contributed by atoms with Crippen LogP contribution in [0.4, 0.5) is 16.3 Å². The Labute approximate surface area is 226 Å². The molecule has 3 heterocycles. The lowest BCUT2D eigenvalue weighted by Crippen LogP contribution is -2.38. The smallest absolute Gasteiger partial charge is 0.321 e. The van der Waals surface area contributed by atoms with Crippen molar-refractivity contribution in [3.8, 4) is 5.69 Å². The molecule has 5 rings (SSSR count). The highest BCUT2D eigenvalue weighted by molar-refractivity contribution is 6.36. The van der Waals surface area contributed by atoms with Gasteiger partial charge >= 0.3 is 6.03 Å². The van der Waals surface area contributed by atoms with Crippen molar-refractivity contribution in [2.24, 2.45) is 0 Å². The molecule has 0 aliphatic carbocycles. The molecule has 10 heteroatoms. The van der Waals surface area contributed by atoms with Crippen molar-refractivity contribution < 1.29 is 4.79 Å². The highest BCUT2D eigenvalue weighted by Gasteiger charge is 2.25. The van der Waals surface area contributed by atoms with Crippen molar-refractivity contribution in [3.05, 3.63) is 70.1 Å². The molecule has 0 unspecified atom stereocenters. The van der Waals surface area contributed by atoms with E-state index in [1.807, 2.05) is 46.8 Å². The van der Waals surface area contributed by atoms with Crippen molar-refractivity contribution in [2.75, 3.05) is 36.4 Å². The van der Waals surface area contributed by atoms with Crippen molar-refractivity contribution in [1.29, 1.82) is 0 Å². The van der Waals surface area contributed by atoms with E-state index in [1.165, 1.54) is 0 Å². The van der Waals surface area contributed by atoms with Gasteiger partial charge in [-0.3, -0.25) is 0 Å². The molecule has 0 spiro atoms. The zero-order chi connectivity index (χ0) is 25.9. The van der Waals surface area contributed by atoms with Gasteiger partial charge < -0.3 is 15.1 Å². The summed E-state index contributed by atoms with van der Waals surface area (Å²) in [6, 6.07) is 14.9. The van der Waals surface area contributed by atoms with Crippen molar-refractivity contribution in [1.82, 2.24) is 24.6 Å². The monoisotopic (exact) mass is 537 g/mol. The summed E-state index contributed by atoms with van der Waals surface area (Å²) in [6.45, 7) is 6.74. The molecule has 0 bridgehead atoms. The van der Waals surface area contributed by atoms with Gasteiger partial charge in [-0.25, -0.2) is 19.4 Å². The quantitative estimate of drug-likeness (QED) is 0.331. The summed E-state index contributed by atoms with van der Waals surface area (Å²) in [4.78, 5) is 27.0. The minimum Gasteiger partial charge on any atom is -0.354 e. The van der Waals surface area contributed by atoms with E-state index in [2.05, 4.69) is 17.1 Å². The molecule has 8 nitrogen and oxygen atoms in total. The summed E-state index contributed by atoms with van der Waals surface area (Å²) in [5.41, 5.74) is 3.21. The number of benzene rings is 2. The van der Waals surface area contributed by atoms with E-state index in [9.17, 15) is 4.79 Å². The number of nitrogens with one attached hydrogen (secondary N) is 1. The zero-order valence-electron chi connectivity index (χ0n) is 20.9. The number of urea groups is 1. The fourth-order valence-corrected chi connectivity index (χ4v) is 5.09. The Hall–Kier alpha value is -3.36. The van der Waals surface area contributed by atoms with Gasteiger partial charge in [0.25, 0.3) is 0 Å². The minimum absolute atomic E-state index is 0.182. The number of amides is 2. The molecule has 1 aliphatic rings. The molecule has 0 saturated carbocycles. The molecule has 2 amide bonds. The number of anilines is 2. The second-order valence-electron chi connectivity index (χ2n) is 9.13. The van der Waals surface area contributed by atoms with Gasteiger partial charge in [0.1, 0.15) is 11.6 Å². The summed E-state index contributed by atoms with van der Waals surface area (Å²) in [5, 5.41) is 9.64. The van der Waals surface area contributed by atoms with Gasteiger partial charge in [0.2, 0.25) is 0 Å². The zero-order valence-corrected chi connectivity index (χ0v) is 22.4. The number of nitrogens with zero attached hydrogens (tertiary/aromatic N) is 6. The van der Waals surface area contributed by atoms with Crippen LogP contribution in [-0.2, 0) is 6.42 Å². The van der Waals surface area contributed by atoms with Gasteiger partial charge in [0.05, 0.1) is 27.5 Å². The normalized spacial score (nSPS) is 14.2. The van der Waals surface area contributed by atoms with Crippen molar-refractivity contribution >= 4 is 51.8 Å². The average molecular weight is 538 g/mol. The number of fused-ring (bicyclic) bond motifs is 1. The predicted molar refractivity (Wildman–Crippen MR) is 149 cm³/mol. The third-order valence-electron chi connectivity index (χ3n) is 6.46. The molecule has 37 heavy (non-hydrogen) atoms. The Morgan fingerprint density at radius 1 is 1.03 bits per heavy atom. The first-order valence-corrected chi connectivity index (χ1v) is 13.3. The Bertz CT molecular complexity index is 1420. The van der Waals surface area contributed by atoms with Crippen LogP contribution >= 0.6 is 23.2 Å². The van der Waals surface area contributed by atoms with Crippen LogP contribution < -0.4 is 10.2 Å². The Balaban J connectivity index is 1.43. The number of carbonyl (C=O) groups is 1. The Morgan fingerprint density at radius 2 is 1.84 bits per heavy atom. The molecule has 2 aromatic heterocycles. The van der Waals surface area contributed by atoms with Gasteiger partial charge in [-0.2, -0.15) is 5.10 Å². The first kappa shape index (κ1) is 25.3. The number of rotatable bonds is 5. The second kappa shape index (κ2) is 10.9. The maximum atomic E-state index is 13.0. The maximum Gasteiger partial charge on any atom is 0.321 e. The van der Waals surface area contributed by atoms with Gasteiger partial charge in [0.15, 0.2) is 5.65 Å². The summed E-state index contributed by atoms with van der Waals surface area (Å²) in [6.07, 6.45) is 2.54. The van der Waals surface area contributed by atoms with Gasteiger partial charge in [-0.15, -0.1) is 0 Å². The van der Waals surface area contributed by atoms with E-state index in [1.54, 1.807) is 18.2 Å². The van der Waals surface area contributed by atoms with Gasteiger partial charge in [-0.05, 0) is 50.1 Å². The van der Waals surface area contributed by atoms with E-state index in [0.29, 0.717) is 35.4 Å². The third kappa shape index (κ3) is 5.36. The Kier molecular flexibility index (Phi) is 7.48. The Morgan fingerprint density at radius 3 is 2.59 bits per heavy atom. The molecule has 1 aliphatic heterocycles. The van der Waals surface area contributed by atoms with E-state index in [4.69, 9.17) is 38.3 Å². The molecule has 0 radical (unpaired) electrons. The van der Waals surface area contributed by atoms with E-state index >= 15 is 0 Å². The second-order valence-corrected chi connectivity index (χ2v) is 9.97. The minimum atomic E-state index is -0.182. The van der Waals surface area contributed by atoms with Crippen LogP contribution in [0.2, 0.25) is 10.0 Å². The number of carbonyl (C=O) groups excluding carboxylic acids is 1.